The van der Waals surface area contributed by atoms with Crippen molar-refractivity contribution in [3.63, 3.8) is 0 Å². The van der Waals surface area contributed by atoms with Gasteiger partial charge < -0.3 is 16.0 Å². The van der Waals surface area contributed by atoms with Gasteiger partial charge in [0.15, 0.2) is 5.43 Å². The lowest BCUT2D eigenvalue weighted by molar-refractivity contribution is 0.102. The zero-order chi connectivity index (χ0) is 15.2. The van der Waals surface area contributed by atoms with Gasteiger partial charge >= 0.3 is 0 Å². The van der Waals surface area contributed by atoms with Crippen molar-refractivity contribution in [3.8, 4) is 11.8 Å². The first-order chi connectivity index (χ1) is 10.1. The highest BCUT2D eigenvalue weighted by Gasteiger charge is 2.11. The van der Waals surface area contributed by atoms with Gasteiger partial charge in [0.25, 0.3) is 5.91 Å². The van der Waals surface area contributed by atoms with Gasteiger partial charge in [0.2, 0.25) is 0 Å². The number of hydrogen-bond donors (Lipinski definition) is 3. The van der Waals surface area contributed by atoms with E-state index in [4.69, 9.17) is 5.73 Å². The van der Waals surface area contributed by atoms with Gasteiger partial charge in [-0.3, -0.25) is 9.59 Å². The maximum atomic E-state index is 12.1. The minimum atomic E-state index is -0.455. The molecule has 0 saturated carbocycles. The van der Waals surface area contributed by atoms with Crippen LogP contribution in [0, 0.1) is 18.8 Å². The Labute approximate surface area is 122 Å². The summed E-state index contributed by atoms with van der Waals surface area (Å²) in [6, 6.07) is 6.77. The zero-order valence-electron chi connectivity index (χ0n) is 11.6. The Morgan fingerprint density at radius 1 is 1.38 bits per heavy atom. The van der Waals surface area contributed by atoms with Crippen molar-refractivity contribution in [1.29, 1.82) is 0 Å². The first-order valence-corrected chi connectivity index (χ1v) is 6.40. The summed E-state index contributed by atoms with van der Waals surface area (Å²) in [6.45, 7) is 2.14. The number of rotatable bonds is 2. The molecule has 2 rings (SSSR count). The zero-order valence-corrected chi connectivity index (χ0v) is 11.6. The Bertz CT molecular complexity index is 782. The average Bonchev–Trinajstić information content (AvgIpc) is 2.48. The standard InChI is InChI=1S/C16H15N3O2/c1-11-4-5-12(3-2-7-17)9-14(11)19-16(21)13-10-18-8-6-15(13)20/h4-6,8-10H,7,17H2,1H3,(H,18,20)(H,19,21). The van der Waals surface area contributed by atoms with E-state index in [2.05, 4.69) is 22.1 Å². The van der Waals surface area contributed by atoms with E-state index >= 15 is 0 Å². The lowest BCUT2D eigenvalue weighted by Crippen LogP contribution is -2.21. The van der Waals surface area contributed by atoms with Crippen molar-refractivity contribution in [1.82, 2.24) is 4.98 Å². The predicted molar refractivity (Wildman–Crippen MR) is 82.1 cm³/mol. The largest absolute Gasteiger partial charge is 0.367 e. The van der Waals surface area contributed by atoms with Crippen LogP contribution in [0.15, 0.2) is 41.5 Å². The van der Waals surface area contributed by atoms with Crippen molar-refractivity contribution in [2.24, 2.45) is 5.73 Å². The van der Waals surface area contributed by atoms with Gasteiger partial charge in [0.1, 0.15) is 5.56 Å². The van der Waals surface area contributed by atoms with Crippen LogP contribution in [0.3, 0.4) is 0 Å². The average molecular weight is 281 g/mol. The Morgan fingerprint density at radius 2 is 2.19 bits per heavy atom. The molecule has 0 bridgehead atoms. The summed E-state index contributed by atoms with van der Waals surface area (Å²) in [6.07, 6.45) is 2.86. The van der Waals surface area contributed by atoms with Gasteiger partial charge in [-0.25, -0.2) is 0 Å². The second-order valence-corrected chi connectivity index (χ2v) is 4.41. The number of pyridine rings is 1. The molecule has 1 amide bonds. The van der Waals surface area contributed by atoms with Crippen molar-refractivity contribution in [2.75, 3.05) is 11.9 Å². The van der Waals surface area contributed by atoms with Gasteiger partial charge in [-0.15, -0.1) is 0 Å². The van der Waals surface area contributed by atoms with Crippen molar-refractivity contribution in [3.05, 3.63) is 63.6 Å². The minimum Gasteiger partial charge on any atom is -0.367 e. The predicted octanol–water partition coefficient (Wildman–Crippen LogP) is 1.25. The third-order valence-electron chi connectivity index (χ3n) is 2.89. The van der Waals surface area contributed by atoms with E-state index in [0.717, 1.165) is 11.1 Å². The Hall–Kier alpha value is -2.84. The summed E-state index contributed by atoms with van der Waals surface area (Å²) in [5, 5.41) is 2.73. The third-order valence-corrected chi connectivity index (χ3v) is 2.89. The molecule has 0 radical (unpaired) electrons. The van der Waals surface area contributed by atoms with Crippen molar-refractivity contribution in [2.45, 2.75) is 6.92 Å². The van der Waals surface area contributed by atoms with E-state index in [1.165, 1.54) is 18.5 Å². The molecule has 5 heteroatoms. The number of nitrogens with two attached hydrogens (primary N) is 1. The normalized spacial score (nSPS) is 9.62. The molecule has 5 nitrogen and oxygen atoms in total. The summed E-state index contributed by atoms with van der Waals surface area (Å²) >= 11 is 0. The molecule has 0 unspecified atom stereocenters. The topological polar surface area (TPSA) is 88.0 Å². The lowest BCUT2D eigenvalue weighted by Gasteiger charge is -2.08. The van der Waals surface area contributed by atoms with Crippen LogP contribution in [-0.4, -0.2) is 17.4 Å². The monoisotopic (exact) mass is 281 g/mol. The summed E-state index contributed by atoms with van der Waals surface area (Å²) in [5.74, 6) is 5.20. The van der Waals surface area contributed by atoms with Crippen LogP contribution >= 0.6 is 0 Å². The molecule has 1 heterocycles. The highest BCUT2D eigenvalue weighted by Crippen LogP contribution is 2.17. The van der Waals surface area contributed by atoms with Crippen LogP contribution in [0.4, 0.5) is 5.69 Å². The van der Waals surface area contributed by atoms with Gasteiger partial charge in [-0.05, 0) is 24.6 Å². The SMILES string of the molecule is Cc1ccc(C#CCN)cc1NC(=O)c1c[nH]ccc1=O. The second-order valence-electron chi connectivity index (χ2n) is 4.41. The van der Waals surface area contributed by atoms with E-state index < -0.39 is 5.91 Å². The number of nitrogens with one attached hydrogen (secondary N) is 2. The molecule has 0 aliphatic carbocycles. The summed E-state index contributed by atoms with van der Waals surface area (Å²) in [4.78, 5) is 26.5. The maximum Gasteiger partial charge on any atom is 0.261 e. The van der Waals surface area contributed by atoms with E-state index in [-0.39, 0.29) is 17.5 Å². The Morgan fingerprint density at radius 3 is 2.90 bits per heavy atom. The third kappa shape index (κ3) is 3.59. The molecular formula is C16H15N3O2. The molecule has 21 heavy (non-hydrogen) atoms. The molecular weight excluding hydrogens is 266 g/mol. The molecule has 1 aromatic heterocycles. The number of aromatic nitrogens is 1. The van der Waals surface area contributed by atoms with Gasteiger partial charge in [0.05, 0.1) is 6.54 Å². The highest BCUT2D eigenvalue weighted by atomic mass is 16.2. The fourth-order valence-corrected chi connectivity index (χ4v) is 1.77. The number of benzene rings is 1. The van der Waals surface area contributed by atoms with E-state index in [9.17, 15) is 9.59 Å². The highest BCUT2D eigenvalue weighted by molar-refractivity contribution is 6.04. The van der Waals surface area contributed by atoms with Crippen LogP contribution in [0.25, 0.3) is 0 Å². The molecule has 0 atom stereocenters. The maximum absolute atomic E-state index is 12.1. The van der Waals surface area contributed by atoms with Crippen LogP contribution in [0.2, 0.25) is 0 Å². The molecule has 1 aromatic carbocycles. The molecule has 2 aromatic rings. The second kappa shape index (κ2) is 6.55. The van der Waals surface area contributed by atoms with Crippen LogP contribution < -0.4 is 16.5 Å². The number of aromatic amines is 1. The van der Waals surface area contributed by atoms with Crippen LogP contribution in [0.1, 0.15) is 21.5 Å². The quantitative estimate of drug-likeness (QED) is 0.724. The van der Waals surface area contributed by atoms with Crippen LogP contribution in [-0.2, 0) is 0 Å². The van der Waals surface area contributed by atoms with E-state index in [1.54, 1.807) is 6.07 Å². The fraction of sp³-hybridized carbons (Fsp3) is 0.125. The van der Waals surface area contributed by atoms with E-state index in [1.807, 2.05) is 19.1 Å². The van der Waals surface area contributed by atoms with E-state index in [0.29, 0.717) is 5.69 Å². The number of H-pyrrole nitrogens is 1. The summed E-state index contributed by atoms with van der Waals surface area (Å²) in [5.41, 5.74) is 7.32. The molecule has 0 spiro atoms. The lowest BCUT2D eigenvalue weighted by atomic mass is 10.1. The molecule has 0 saturated heterocycles. The number of carbonyl (C=O) groups is 1. The number of carbonyl (C=O) groups excluding carboxylic acids is 1. The number of amides is 1. The van der Waals surface area contributed by atoms with Gasteiger partial charge in [-0.1, -0.05) is 17.9 Å². The minimum absolute atomic E-state index is 0.0651. The molecule has 106 valence electrons. The first kappa shape index (κ1) is 14.6. The number of anilines is 1. The Kier molecular flexibility index (Phi) is 4.54. The molecule has 4 N–H and O–H groups in total. The van der Waals surface area contributed by atoms with Crippen molar-refractivity contribution < 1.29 is 4.79 Å². The summed E-state index contributed by atoms with van der Waals surface area (Å²) in [7, 11) is 0. The molecule has 0 fully saturated rings. The number of aryl methyl sites for hydroxylation is 1. The number of hydrogen-bond acceptors (Lipinski definition) is 3. The van der Waals surface area contributed by atoms with Crippen LogP contribution in [0.5, 0.6) is 0 Å². The molecule has 0 aliphatic rings. The fourth-order valence-electron chi connectivity index (χ4n) is 1.77. The Balaban J connectivity index is 2.29. The van der Waals surface area contributed by atoms with Gasteiger partial charge in [-0.2, -0.15) is 0 Å². The molecule has 0 aliphatic heterocycles. The first-order valence-electron chi connectivity index (χ1n) is 6.40. The summed E-state index contributed by atoms with van der Waals surface area (Å²) < 4.78 is 0. The smallest absolute Gasteiger partial charge is 0.261 e. The van der Waals surface area contributed by atoms with Gasteiger partial charge in [0, 0.05) is 29.7 Å². The van der Waals surface area contributed by atoms with Crippen molar-refractivity contribution >= 4 is 11.6 Å².